The maximum absolute atomic E-state index is 12.8. The lowest BCUT2D eigenvalue weighted by atomic mass is 9.97. The van der Waals surface area contributed by atoms with Gasteiger partial charge in [0.2, 0.25) is 5.91 Å². The first-order valence-electron chi connectivity index (χ1n) is 11.4. The van der Waals surface area contributed by atoms with Crippen molar-refractivity contribution in [2.75, 3.05) is 39.3 Å². The predicted molar refractivity (Wildman–Crippen MR) is 119 cm³/mol. The molecule has 8 nitrogen and oxygen atoms in total. The van der Waals surface area contributed by atoms with Gasteiger partial charge in [0.05, 0.1) is 5.01 Å². The normalized spacial score (nSPS) is 17.9. The Morgan fingerprint density at radius 1 is 1.18 bits per heavy atom. The summed E-state index contributed by atoms with van der Waals surface area (Å²) in [5.41, 5.74) is -0.390. The number of likely N-dealkylation sites (tertiary alicyclic amines) is 2. The first kappa shape index (κ1) is 24.6. The number of alkyl halides is 3. The number of esters is 1. The van der Waals surface area contributed by atoms with Gasteiger partial charge in [0.1, 0.15) is 13.2 Å². The van der Waals surface area contributed by atoms with Gasteiger partial charge in [-0.3, -0.25) is 14.4 Å². The fraction of sp³-hybridized carbons (Fsp3) is 0.636. The molecule has 0 bridgehead atoms. The second-order valence-corrected chi connectivity index (χ2v) is 9.63. The molecular formula is C22H28F3N5O3S. The van der Waals surface area contributed by atoms with Crippen LogP contribution in [-0.2, 0) is 22.3 Å². The Labute approximate surface area is 199 Å². The van der Waals surface area contributed by atoms with Crippen LogP contribution in [0.25, 0.3) is 0 Å². The van der Waals surface area contributed by atoms with Crippen LogP contribution in [0, 0.1) is 6.92 Å². The molecule has 0 aliphatic carbocycles. The van der Waals surface area contributed by atoms with E-state index in [-0.39, 0.29) is 24.1 Å². The molecule has 2 aliphatic rings. The van der Waals surface area contributed by atoms with Crippen LogP contribution >= 0.6 is 11.3 Å². The first-order chi connectivity index (χ1) is 16.2. The van der Waals surface area contributed by atoms with Gasteiger partial charge in [-0.1, -0.05) is 0 Å². The summed E-state index contributed by atoms with van der Waals surface area (Å²) in [5, 5.41) is 6.09. The highest BCUT2D eigenvalue weighted by atomic mass is 32.1. The summed E-state index contributed by atoms with van der Waals surface area (Å²) in [4.78, 5) is 33.3. The highest BCUT2D eigenvalue weighted by molar-refractivity contribution is 7.09. The van der Waals surface area contributed by atoms with Gasteiger partial charge in [-0.05, 0) is 51.8 Å². The van der Waals surface area contributed by atoms with Gasteiger partial charge in [-0.25, -0.2) is 9.78 Å². The first-order valence-corrected chi connectivity index (χ1v) is 12.3. The van der Waals surface area contributed by atoms with Crippen molar-refractivity contribution < 1.29 is 27.5 Å². The molecule has 4 heterocycles. The zero-order valence-corrected chi connectivity index (χ0v) is 19.8. The quantitative estimate of drug-likeness (QED) is 0.544. The molecule has 0 unspecified atom stereocenters. The van der Waals surface area contributed by atoms with Gasteiger partial charge >= 0.3 is 12.1 Å². The summed E-state index contributed by atoms with van der Waals surface area (Å²) in [6.45, 7) is 5.43. The van der Waals surface area contributed by atoms with Crippen molar-refractivity contribution in [3.8, 4) is 0 Å². The van der Waals surface area contributed by atoms with Crippen molar-refractivity contribution in [2.24, 2.45) is 0 Å². The number of aromatic nitrogens is 3. The number of hydrogen-bond acceptors (Lipinski definition) is 7. The zero-order valence-electron chi connectivity index (χ0n) is 19.0. The molecule has 1 amide bonds. The van der Waals surface area contributed by atoms with E-state index in [0.717, 1.165) is 35.4 Å². The maximum Gasteiger partial charge on any atom is 0.435 e. The molecule has 2 fully saturated rings. The Kier molecular flexibility index (Phi) is 7.56. The van der Waals surface area contributed by atoms with Gasteiger partial charge in [-0.15, -0.1) is 11.3 Å². The third-order valence-corrected chi connectivity index (χ3v) is 7.33. The minimum absolute atomic E-state index is 0.128. The molecule has 0 saturated carbocycles. The Morgan fingerprint density at radius 3 is 2.53 bits per heavy atom. The molecule has 0 atom stereocenters. The van der Waals surface area contributed by atoms with E-state index in [4.69, 9.17) is 4.74 Å². The molecule has 0 spiro atoms. The SMILES string of the molecule is Cc1cc(C(F)(F)F)nn1CC(=O)N1CCC(c2nc(C(=O)OCCN3CCCC3)cs2)CC1. The summed E-state index contributed by atoms with van der Waals surface area (Å²) in [5.74, 6) is -0.551. The molecule has 2 aromatic rings. The van der Waals surface area contributed by atoms with Gasteiger partial charge in [-0.2, -0.15) is 18.3 Å². The summed E-state index contributed by atoms with van der Waals surface area (Å²) < 4.78 is 45.0. The number of carbonyl (C=O) groups excluding carboxylic acids is 2. The average molecular weight is 500 g/mol. The number of amides is 1. The summed E-state index contributed by atoms with van der Waals surface area (Å²) in [6.07, 6.45) is -0.807. The van der Waals surface area contributed by atoms with Crippen LogP contribution in [0.5, 0.6) is 0 Å². The highest BCUT2D eigenvalue weighted by Crippen LogP contribution is 2.31. The van der Waals surface area contributed by atoms with Crippen molar-refractivity contribution in [3.63, 3.8) is 0 Å². The number of ether oxygens (including phenoxy) is 1. The maximum atomic E-state index is 12.8. The number of piperidine rings is 1. The third kappa shape index (κ3) is 5.96. The molecule has 2 saturated heterocycles. The van der Waals surface area contributed by atoms with Gasteiger partial charge in [0.25, 0.3) is 0 Å². The number of aryl methyl sites for hydroxylation is 1. The van der Waals surface area contributed by atoms with Gasteiger partial charge in [0, 0.05) is 36.6 Å². The topological polar surface area (TPSA) is 80.6 Å². The van der Waals surface area contributed by atoms with Crippen LogP contribution in [0.1, 0.15) is 58.5 Å². The molecule has 0 radical (unpaired) electrons. The molecule has 2 aliphatic heterocycles. The van der Waals surface area contributed by atoms with E-state index in [9.17, 15) is 22.8 Å². The van der Waals surface area contributed by atoms with Crippen molar-refractivity contribution in [1.29, 1.82) is 0 Å². The van der Waals surface area contributed by atoms with Crippen molar-refractivity contribution in [2.45, 2.75) is 51.2 Å². The summed E-state index contributed by atoms with van der Waals surface area (Å²) in [6, 6.07) is 0.941. The largest absolute Gasteiger partial charge is 0.460 e. The van der Waals surface area contributed by atoms with E-state index < -0.39 is 17.8 Å². The van der Waals surface area contributed by atoms with E-state index in [1.165, 1.54) is 31.1 Å². The smallest absolute Gasteiger partial charge is 0.435 e. The Balaban J connectivity index is 1.24. The monoisotopic (exact) mass is 499 g/mol. The van der Waals surface area contributed by atoms with E-state index in [1.807, 2.05) is 0 Å². The summed E-state index contributed by atoms with van der Waals surface area (Å²) >= 11 is 1.42. The van der Waals surface area contributed by atoms with E-state index in [2.05, 4.69) is 15.0 Å². The molecule has 4 rings (SSSR count). The van der Waals surface area contributed by atoms with Crippen molar-refractivity contribution in [1.82, 2.24) is 24.6 Å². The lowest BCUT2D eigenvalue weighted by Gasteiger charge is -2.31. The predicted octanol–water partition coefficient (Wildman–Crippen LogP) is 3.33. The van der Waals surface area contributed by atoms with Gasteiger partial charge in [0.15, 0.2) is 11.4 Å². The van der Waals surface area contributed by atoms with Crippen LogP contribution in [0.2, 0.25) is 0 Å². The number of carbonyl (C=O) groups is 2. The number of rotatable bonds is 7. The number of hydrogen-bond donors (Lipinski definition) is 0. The van der Waals surface area contributed by atoms with Crippen LogP contribution in [-0.4, -0.2) is 75.8 Å². The molecule has 0 N–H and O–H groups in total. The lowest BCUT2D eigenvalue weighted by Crippen LogP contribution is -2.40. The minimum Gasteiger partial charge on any atom is -0.460 e. The summed E-state index contributed by atoms with van der Waals surface area (Å²) in [7, 11) is 0. The number of halogens is 3. The second kappa shape index (κ2) is 10.4. The van der Waals surface area contributed by atoms with Crippen LogP contribution < -0.4 is 0 Å². The van der Waals surface area contributed by atoms with Crippen molar-refractivity contribution in [3.05, 3.63) is 33.5 Å². The molecular weight excluding hydrogens is 471 g/mol. The van der Waals surface area contributed by atoms with Gasteiger partial charge < -0.3 is 9.64 Å². The minimum atomic E-state index is -4.54. The fourth-order valence-corrected chi connectivity index (χ4v) is 5.29. The molecule has 12 heteroatoms. The fourth-order valence-electron chi connectivity index (χ4n) is 4.33. The van der Waals surface area contributed by atoms with Crippen molar-refractivity contribution >= 4 is 23.2 Å². The third-order valence-electron chi connectivity index (χ3n) is 6.32. The van der Waals surface area contributed by atoms with Crippen LogP contribution in [0.15, 0.2) is 11.4 Å². The molecule has 34 heavy (non-hydrogen) atoms. The van der Waals surface area contributed by atoms with Crippen LogP contribution in [0.4, 0.5) is 13.2 Å². The molecule has 2 aromatic heterocycles. The standard InChI is InChI=1S/C22H28F3N5O3S/c1-15-12-18(22(23,24)25)27-30(15)13-19(31)29-8-4-16(5-9-29)20-26-17(14-34-20)21(32)33-11-10-28-6-2-3-7-28/h12,14,16H,2-11,13H2,1H3. The Bertz CT molecular complexity index is 1010. The lowest BCUT2D eigenvalue weighted by molar-refractivity contribution is -0.142. The number of nitrogens with zero attached hydrogens (tertiary/aromatic N) is 5. The highest BCUT2D eigenvalue weighted by Gasteiger charge is 2.35. The van der Waals surface area contributed by atoms with Crippen LogP contribution in [0.3, 0.4) is 0 Å². The molecule has 186 valence electrons. The Morgan fingerprint density at radius 2 is 1.88 bits per heavy atom. The number of thiazole rings is 1. The average Bonchev–Trinajstić information content (AvgIpc) is 3.55. The van der Waals surface area contributed by atoms with E-state index in [0.29, 0.717) is 38.2 Å². The zero-order chi connectivity index (χ0) is 24.3. The van der Waals surface area contributed by atoms with E-state index >= 15 is 0 Å². The van der Waals surface area contributed by atoms with E-state index in [1.54, 1.807) is 10.3 Å². The second-order valence-electron chi connectivity index (χ2n) is 8.74. The Hall–Kier alpha value is -2.47. The molecule has 0 aromatic carbocycles.